The van der Waals surface area contributed by atoms with Crippen LogP contribution in [0.3, 0.4) is 0 Å². The highest BCUT2D eigenvalue weighted by atomic mass is 35.5. The summed E-state index contributed by atoms with van der Waals surface area (Å²) in [6, 6.07) is 12.1. The molecule has 0 aliphatic heterocycles. The molecule has 0 heterocycles. The van der Waals surface area contributed by atoms with Crippen molar-refractivity contribution in [2.45, 2.75) is 6.54 Å². The van der Waals surface area contributed by atoms with E-state index in [-0.39, 0.29) is 52.0 Å². The van der Waals surface area contributed by atoms with Gasteiger partial charge >= 0.3 is 5.97 Å². The van der Waals surface area contributed by atoms with Gasteiger partial charge in [0, 0.05) is 23.2 Å². The van der Waals surface area contributed by atoms with Crippen LogP contribution in [0.15, 0.2) is 48.5 Å². The molecule has 0 radical (unpaired) electrons. The second-order valence-corrected chi connectivity index (χ2v) is 10.7. The Morgan fingerprint density at radius 2 is 1.30 bits per heavy atom. The van der Waals surface area contributed by atoms with Crippen molar-refractivity contribution in [2.75, 3.05) is 51.4 Å². The van der Waals surface area contributed by atoms with Gasteiger partial charge < -0.3 is 29.0 Å². The molecule has 0 aromatic heterocycles. The van der Waals surface area contributed by atoms with Gasteiger partial charge in [-0.1, -0.05) is 23.7 Å². The maximum absolute atomic E-state index is 13.8. The Balaban J connectivity index is 2.20. The number of anilines is 2. The van der Waals surface area contributed by atoms with E-state index in [1.807, 2.05) is 0 Å². The van der Waals surface area contributed by atoms with Crippen LogP contribution in [0.2, 0.25) is 5.02 Å². The number of rotatable bonds is 11. The zero-order chi connectivity index (χ0) is 29.6. The van der Waals surface area contributed by atoms with E-state index in [0.29, 0.717) is 10.6 Å². The maximum Gasteiger partial charge on any atom is 0.340 e. The fourth-order valence-corrected chi connectivity index (χ4v) is 4.86. The van der Waals surface area contributed by atoms with E-state index in [9.17, 15) is 18.0 Å². The highest BCUT2D eigenvalue weighted by molar-refractivity contribution is 7.92. The van der Waals surface area contributed by atoms with Gasteiger partial charge in [-0.15, -0.1) is 0 Å². The Labute approximate surface area is 237 Å². The van der Waals surface area contributed by atoms with Gasteiger partial charge in [0.1, 0.15) is 0 Å². The van der Waals surface area contributed by atoms with Crippen LogP contribution in [0.1, 0.15) is 26.3 Å². The first-order chi connectivity index (χ1) is 19.0. The van der Waals surface area contributed by atoms with Crippen molar-refractivity contribution < 1.29 is 41.7 Å². The molecular formula is C27H29ClN2O9S. The smallest absolute Gasteiger partial charge is 0.340 e. The Morgan fingerprint density at radius 1 is 0.800 bits per heavy atom. The van der Waals surface area contributed by atoms with Gasteiger partial charge in [0.15, 0.2) is 23.0 Å². The number of sulfonamides is 1. The molecular weight excluding hydrogens is 564 g/mol. The van der Waals surface area contributed by atoms with E-state index in [2.05, 4.69) is 5.32 Å². The fraction of sp³-hybridized carbons (Fsp3) is 0.259. The van der Waals surface area contributed by atoms with Crippen LogP contribution in [0, 0.1) is 0 Å². The molecule has 3 aromatic rings. The molecule has 0 spiro atoms. The van der Waals surface area contributed by atoms with Gasteiger partial charge in [0.2, 0.25) is 10.0 Å². The molecule has 0 aliphatic rings. The van der Waals surface area contributed by atoms with Crippen molar-refractivity contribution in [2.24, 2.45) is 0 Å². The highest BCUT2D eigenvalue weighted by Crippen LogP contribution is 2.39. The first kappa shape index (κ1) is 30.4. The summed E-state index contributed by atoms with van der Waals surface area (Å²) in [6.07, 6.45) is 1.02. The maximum atomic E-state index is 13.8. The number of amides is 1. The summed E-state index contributed by atoms with van der Waals surface area (Å²) >= 11 is 5.99. The number of esters is 1. The van der Waals surface area contributed by atoms with Crippen molar-refractivity contribution in [3.63, 3.8) is 0 Å². The molecule has 0 bridgehead atoms. The van der Waals surface area contributed by atoms with Gasteiger partial charge in [0.25, 0.3) is 5.91 Å². The number of ether oxygens (including phenoxy) is 5. The summed E-state index contributed by atoms with van der Waals surface area (Å²) in [5, 5.41) is 3.15. The fourth-order valence-electron chi connectivity index (χ4n) is 3.84. The second-order valence-electron chi connectivity index (χ2n) is 8.32. The molecule has 214 valence electrons. The summed E-state index contributed by atoms with van der Waals surface area (Å²) in [7, 11) is 2.82. The van der Waals surface area contributed by atoms with Gasteiger partial charge in [0.05, 0.1) is 70.9 Å². The minimum Gasteiger partial charge on any atom is -0.493 e. The van der Waals surface area contributed by atoms with Gasteiger partial charge in [-0.3, -0.25) is 9.10 Å². The molecule has 1 amide bonds. The number of benzene rings is 3. The Morgan fingerprint density at radius 3 is 1.80 bits per heavy atom. The lowest BCUT2D eigenvalue weighted by molar-refractivity contribution is 0.0601. The largest absolute Gasteiger partial charge is 0.493 e. The van der Waals surface area contributed by atoms with Gasteiger partial charge in [-0.05, 0) is 23.8 Å². The van der Waals surface area contributed by atoms with E-state index in [1.54, 1.807) is 24.3 Å². The molecule has 0 saturated carbocycles. The van der Waals surface area contributed by atoms with Crippen molar-refractivity contribution in [3.05, 3.63) is 70.2 Å². The van der Waals surface area contributed by atoms with Crippen LogP contribution in [0.4, 0.5) is 11.4 Å². The topological polar surface area (TPSA) is 130 Å². The molecule has 0 aliphatic carbocycles. The lowest BCUT2D eigenvalue weighted by atomic mass is 10.1. The van der Waals surface area contributed by atoms with E-state index in [1.165, 1.54) is 59.8 Å². The quantitative estimate of drug-likeness (QED) is 0.322. The summed E-state index contributed by atoms with van der Waals surface area (Å²) in [5.74, 6) is -0.656. The Hall–Kier alpha value is -4.16. The van der Waals surface area contributed by atoms with Crippen LogP contribution in [0.25, 0.3) is 0 Å². The molecule has 0 fully saturated rings. The summed E-state index contributed by atoms with van der Waals surface area (Å²) < 4.78 is 53.3. The average Bonchev–Trinajstić information content (AvgIpc) is 2.94. The number of nitrogens with zero attached hydrogens (tertiary/aromatic N) is 1. The van der Waals surface area contributed by atoms with Gasteiger partial charge in [-0.2, -0.15) is 0 Å². The standard InChI is InChI=1S/C27H29ClN2O9S/c1-35-22-11-18(27(32)39-5)20(13-24(22)37-3)29-26(31)19-12-23(36-2)25(38-4)14-21(19)30(40(6,33)34)15-16-7-9-17(28)10-8-16/h7-14H,15H2,1-6H3,(H,29,31). The number of carbonyl (C=O) groups excluding carboxylic acids is 2. The third kappa shape index (κ3) is 6.69. The number of nitrogens with one attached hydrogen (secondary N) is 1. The molecule has 40 heavy (non-hydrogen) atoms. The zero-order valence-electron chi connectivity index (χ0n) is 22.7. The number of halogens is 1. The van der Waals surface area contributed by atoms with Crippen molar-refractivity contribution >= 4 is 44.9 Å². The molecule has 0 saturated heterocycles. The first-order valence-electron chi connectivity index (χ1n) is 11.6. The van der Waals surface area contributed by atoms with Crippen LogP contribution in [-0.2, 0) is 21.3 Å². The molecule has 13 heteroatoms. The molecule has 3 aromatic carbocycles. The summed E-state index contributed by atoms with van der Waals surface area (Å²) in [4.78, 5) is 26.3. The lowest BCUT2D eigenvalue weighted by Gasteiger charge is -2.26. The minimum absolute atomic E-state index is 0.00712. The van der Waals surface area contributed by atoms with E-state index < -0.39 is 21.9 Å². The summed E-state index contributed by atoms with van der Waals surface area (Å²) in [5.41, 5.74) is 0.565. The van der Waals surface area contributed by atoms with Crippen molar-refractivity contribution in [1.29, 1.82) is 0 Å². The van der Waals surface area contributed by atoms with Crippen LogP contribution in [0.5, 0.6) is 23.0 Å². The SMILES string of the molecule is COC(=O)c1cc(OC)c(OC)cc1NC(=O)c1cc(OC)c(OC)cc1N(Cc1ccc(Cl)cc1)S(C)(=O)=O. The number of carbonyl (C=O) groups is 2. The molecule has 11 nitrogen and oxygen atoms in total. The predicted molar refractivity (Wildman–Crippen MR) is 151 cm³/mol. The van der Waals surface area contributed by atoms with E-state index in [0.717, 1.165) is 10.6 Å². The third-order valence-corrected chi connectivity index (χ3v) is 7.21. The number of hydrogen-bond acceptors (Lipinski definition) is 9. The van der Waals surface area contributed by atoms with Crippen molar-refractivity contribution in [3.8, 4) is 23.0 Å². The first-order valence-corrected chi connectivity index (χ1v) is 13.8. The molecule has 3 rings (SSSR count). The van der Waals surface area contributed by atoms with Crippen molar-refractivity contribution in [1.82, 2.24) is 0 Å². The van der Waals surface area contributed by atoms with E-state index in [4.69, 9.17) is 35.3 Å². The van der Waals surface area contributed by atoms with Crippen LogP contribution in [-0.4, -0.2) is 62.1 Å². The third-order valence-electron chi connectivity index (χ3n) is 5.83. The molecule has 1 N–H and O–H groups in total. The highest BCUT2D eigenvalue weighted by Gasteiger charge is 2.28. The van der Waals surface area contributed by atoms with E-state index >= 15 is 0 Å². The number of hydrogen-bond donors (Lipinski definition) is 1. The Bertz CT molecular complexity index is 1510. The Kier molecular flexibility index (Phi) is 9.72. The van der Waals surface area contributed by atoms with Crippen LogP contribution >= 0.6 is 11.6 Å². The zero-order valence-corrected chi connectivity index (χ0v) is 24.3. The average molecular weight is 593 g/mol. The second kappa shape index (κ2) is 12.8. The summed E-state index contributed by atoms with van der Waals surface area (Å²) in [6.45, 7) is -0.116. The normalized spacial score (nSPS) is 10.9. The predicted octanol–water partition coefficient (Wildman–Crippen LogP) is 4.38. The lowest BCUT2D eigenvalue weighted by Crippen LogP contribution is -2.31. The van der Waals surface area contributed by atoms with Gasteiger partial charge in [-0.25, -0.2) is 13.2 Å². The molecule has 0 unspecified atom stereocenters. The number of methoxy groups -OCH3 is 5. The minimum atomic E-state index is -3.93. The molecule has 0 atom stereocenters. The monoisotopic (exact) mass is 592 g/mol. The van der Waals surface area contributed by atoms with Crippen LogP contribution < -0.4 is 28.6 Å².